The molecule has 0 aliphatic carbocycles. The number of benzene rings is 2. The van der Waals surface area contributed by atoms with Crippen LogP contribution in [0.25, 0.3) is 0 Å². The fourth-order valence-electron chi connectivity index (χ4n) is 2.04. The number of hydrogen-bond acceptors (Lipinski definition) is 4. The second kappa shape index (κ2) is 9.38. The third-order valence-corrected chi connectivity index (χ3v) is 3.63. The van der Waals surface area contributed by atoms with E-state index < -0.39 is 0 Å². The van der Waals surface area contributed by atoms with Crippen LogP contribution in [-0.2, 0) is 0 Å². The third kappa shape index (κ3) is 5.45. The summed E-state index contributed by atoms with van der Waals surface area (Å²) in [6.45, 7) is 2.55. The van der Waals surface area contributed by atoms with Crippen molar-refractivity contribution in [1.82, 2.24) is 16.2 Å². The summed E-state index contributed by atoms with van der Waals surface area (Å²) >= 11 is 4.96. The van der Waals surface area contributed by atoms with Crippen molar-refractivity contribution in [3.8, 4) is 5.75 Å². The molecule has 0 aliphatic rings. The Balaban J connectivity index is 1.92. The maximum atomic E-state index is 12.2. The first-order chi connectivity index (χ1) is 12.5. The van der Waals surface area contributed by atoms with Gasteiger partial charge in [0.2, 0.25) is 0 Å². The largest absolute Gasteiger partial charge is 0.497 e. The van der Waals surface area contributed by atoms with Crippen LogP contribution in [0.1, 0.15) is 27.6 Å². The summed E-state index contributed by atoms with van der Waals surface area (Å²) in [5.41, 5.74) is 6.61. The van der Waals surface area contributed by atoms with Gasteiger partial charge in [-0.05, 0) is 67.7 Å². The van der Waals surface area contributed by atoms with E-state index >= 15 is 0 Å². The molecule has 0 heterocycles. The summed E-state index contributed by atoms with van der Waals surface area (Å²) < 4.78 is 5.06. The number of anilines is 1. The fourth-order valence-corrected chi connectivity index (χ4v) is 2.24. The molecule has 2 amide bonds. The van der Waals surface area contributed by atoms with Gasteiger partial charge in [-0.3, -0.25) is 20.4 Å². The van der Waals surface area contributed by atoms with Crippen molar-refractivity contribution in [1.29, 1.82) is 0 Å². The fraction of sp³-hybridized carbons (Fsp3) is 0.167. The molecule has 0 aromatic heterocycles. The summed E-state index contributed by atoms with van der Waals surface area (Å²) in [7, 11) is 1.57. The number of nitrogens with one attached hydrogen (secondary N) is 4. The molecule has 0 fully saturated rings. The number of hydrogen-bond donors (Lipinski definition) is 4. The Labute approximate surface area is 157 Å². The zero-order valence-electron chi connectivity index (χ0n) is 14.5. The topological polar surface area (TPSA) is 91.5 Å². The number of hydrazine groups is 1. The van der Waals surface area contributed by atoms with Crippen LogP contribution < -0.4 is 26.2 Å². The number of rotatable bonds is 5. The molecule has 0 aliphatic heterocycles. The zero-order chi connectivity index (χ0) is 18.9. The van der Waals surface area contributed by atoms with Crippen LogP contribution in [0.2, 0.25) is 0 Å². The highest BCUT2D eigenvalue weighted by Crippen LogP contribution is 2.14. The van der Waals surface area contributed by atoms with Gasteiger partial charge >= 0.3 is 0 Å². The SMILES string of the molecule is CCNC(=S)NNC(=O)c1ccc(NC(=O)c2ccc(OC)cc2)cc1. The Bertz CT molecular complexity index is 776. The van der Waals surface area contributed by atoms with Crippen molar-refractivity contribution in [3.05, 3.63) is 59.7 Å². The predicted octanol–water partition coefficient (Wildman–Crippen LogP) is 2.08. The van der Waals surface area contributed by atoms with E-state index in [1.54, 1.807) is 55.6 Å². The average molecular weight is 372 g/mol. The van der Waals surface area contributed by atoms with Crippen LogP contribution in [0, 0.1) is 0 Å². The van der Waals surface area contributed by atoms with Crippen molar-refractivity contribution in [2.45, 2.75) is 6.92 Å². The van der Waals surface area contributed by atoms with Gasteiger partial charge < -0.3 is 15.4 Å². The Morgan fingerprint density at radius 3 is 2.08 bits per heavy atom. The number of ether oxygens (including phenoxy) is 1. The highest BCUT2D eigenvalue weighted by atomic mass is 32.1. The Hall–Kier alpha value is -3.13. The van der Waals surface area contributed by atoms with E-state index in [1.807, 2.05) is 6.92 Å². The lowest BCUT2D eigenvalue weighted by molar-refractivity contribution is 0.0943. The summed E-state index contributed by atoms with van der Waals surface area (Å²) in [6.07, 6.45) is 0. The van der Waals surface area contributed by atoms with Gasteiger partial charge in [0.15, 0.2) is 5.11 Å². The number of carbonyl (C=O) groups excluding carboxylic acids is 2. The van der Waals surface area contributed by atoms with Gasteiger partial charge in [0.05, 0.1) is 7.11 Å². The van der Waals surface area contributed by atoms with Crippen molar-refractivity contribution in [3.63, 3.8) is 0 Å². The van der Waals surface area contributed by atoms with E-state index in [0.717, 1.165) is 0 Å². The van der Waals surface area contributed by atoms with Gasteiger partial charge in [-0.25, -0.2) is 0 Å². The molecule has 0 unspecified atom stereocenters. The quantitative estimate of drug-likeness (QED) is 0.475. The maximum absolute atomic E-state index is 12.2. The maximum Gasteiger partial charge on any atom is 0.269 e. The molecule has 0 radical (unpaired) electrons. The number of methoxy groups -OCH3 is 1. The minimum Gasteiger partial charge on any atom is -0.497 e. The van der Waals surface area contributed by atoms with Crippen molar-refractivity contribution in [2.75, 3.05) is 19.0 Å². The van der Waals surface area contributed by atoms with Gasteiger partial charge in [-0.2, -0.15) is 0 Å². The lowest BCUT2D eigenvalue weighted by atomic mass is 10.1. The molecule has 8 heteroatoms. The second-order valence-corrected chi connectivity index (χ2v) is 5.61. The first-order valence-corrected chi connectivity index (χ1v) is 8.34. The van der Waals surface area contributed by atoms with E-state index in [4.69, 9.17) is 17.0 Å². The molecule has 0 atom stereocenters. The molecular weight excluding hydrogens is 352 g/mol. The van der Waals surface area contributed by atoms with E-state index in [1.165, 1.54) is 0 Å². The number of amides is 2. The monoisotopic (exact) mass is 372 g/mol. The van der Waals surface area contributed by atoms with E-state index in [2.05, 4.69) is 21.5 Å². The van der Waals surface area contributed by atoms with Crippen LogP contribution in [0.3, 0.4) is 0 Å². The van der Waals surface area contributed by atoms with E-state index in [0.29, 0.717) is 34.2 Å². The highest BCUT2D eigenvalue weighted by Gasteiger charge is 2.08. The van der Waals surface area contributed by atoms with E-state index in [-0.39, 0.29) is 11.8 Å². The van der Waals surface area contributed by atoms with Crippen molar-refractivity contribution in [2.24, 2.45) is 0 Å². The molecule has 7 nitrogen and oxygen atoms in total. The molecule has 136 valence electrons. The zero-order valence-corrected chi connectivity index (χ0v) is 15.3. The molecule has 0 bridgehead atoms. The first kappa shape index (κ1) is 19.2. The van der Waals surface area contributed by atoms with Crippen LogP contribution >= 0.6 is 12.2 Å². The average Bonchev–Trinajstić information content (AvgIpc) is 2.67. The smallest absolute Gasteiger partial charge is 0.269 e. The second-order valence-electron chi connectivity index (χ2n) is 5.20. The van der Waals surface area contributed by atoms with Gasteiger partial charge in [-0.1, -0.05) is 0 Å². The van der Waals surface area contributed by atoms with Gasteiger partial charge in [0, 0.05) is 23.4 Å². The van der Waals surface area contributed by atoms with Crippen LogP contribution in [0.15, 0.2) is 48.5 Å². The van der Waals surface area contributed by atoms with Crippen molar-refractivity contribution >= 4 is 34.8 Å². The van der Waals surface area contributed by atoms with E-state index in [9.17, 15) is 9.59 Å². The summed E-state index contributed by atoms with van der Waals surface area (Å²) in [5, 5.41) is 5.96. The predicted molar refractivity (Wildman–Crippen MR) is 104 cm³/mol. The van der Waals surface area contributed by atoms with Crippen LogP contribution in [-0.4, -0.2) is 30.6 Å². The Morgan fingerprint density at radius 1 is 0.923 bits per heavy atom. The Kier molecular flexibility index (Phi) is 6.92. The molecular formula is C18H20N4O3S. The molecule has 0 saturated heterocycles. The van der Waals surface area contributed by atoms with Crippen LogP contribution in [0.5, 0.6) is 5.75 Å². The highest BCUT2D eigenvalue weighted by molar-refractivity contribution is 7.80. The molecule has 0 spiro atoms. The summed E-state index contributed by atoms with van der Waals surface area (Å²) in [4.78, 5) is 24.2. The first-order valence-electron chi connectivity index (χ1n) is 7.93. The van der Waals surface area contributed by atoms with Gasteiger partial charge in [0.1, 0.15) is 5.75 Å². The lowest BCUT2D eigenvalue weighted by Crippen LogP contribution is -2.46. The third-order valence-electron chi connectivity index (χ3n) is 3.38. The molecule has 2 aromatic carbocycles. The minimum atomic E-state index is -0.335. The number of carbonyl (C=O) groups is 2. The minimum absolute atomic E-state index is 0.248. The summed E-state index contributed by atoms with van der Waals surface area (Å²) in [6, 6.07) is 13.3. The molecule has 0 saturated carbocycles. The lowest BCUT2D eigenvalue weighted by Gasteiger charge is -2.10. The molecule has 4 N–H and O–H groups in total. The summed E-state index contributed by atoms with van der Waals surface area (Å²) in [5.74, 6) is 0.0972. The van der Waals surface area contributed by atoms with Gasteiger partial charge in [0.25, 0.3) is 11.8 Å². The Morgan fingerprint density at radius 2 is 1.50 bits per heavy atom. The molecule has 2 rings (SSSR count). The molecule has 26 heavy (non-hydrogen) atoms. The normalized spacial score (nSPS) is 9.77. The standard InChI is InChI=1S/C18H20N4O3S/c1-3-19-18(26)22-21-17(24)13-4-8-14(9-5-13)20-16(23)12-6-10-15(25-2)11-7-12/h4-11H,3H2,1-2H3,(H,20,23)(H,21,24)(H2,19,22,26). The number of thiocarbonyl (C=S) groups is 1. The molecule has 2 aromatic rings. The van der Waals surface area contributed by atoms with Gasteiger partial charge in [-0.15, -0.1) is 0 Å². The van der Waals surface area contributed by atoms with Crippen molar-refractivity contribution < 1.29 is 14.3 Å². The van der Waals surface area contributed by atoms with Crippen LogP contribution in [0.4, 0.5) is 5.69 Å².